The van der Waals surface area contributed by atoms with E-state index in [1.165, 1.54) is 0 Å². The lowest BCUT2D eigenvalue weighted by Crippen LogP contribution is -2.51. The van der Waals surface area contributed by atoms with Crippen LogP contribution in [-0.4, -0.2) is 91.0 Å². The molecular weight excluding hydrogens is 327 g/mol. The number of alkyl halides is 1. The van der Waals surface area contributed by atoms with Crippen LogP contribution in [-0.2, 0) is 16.1 Å². The third kappa shape index (κ3) is 4.56. The van der Waals surface area contributed by atoms with Crippen molar-refractivity contribution in [2.45, 2.75) is 38.2 Å². The zero-order valence-corrected chi connectivity index (χ0v) is 15.2. The first-order chi connectivity index (χ1) is 11.9. The molecule has 8 heteroatoms. The Morgan fingerprint density at radius 3 is 2.96 bits per heavy atom. The van der Waals surface area contributed by atoms with E-state index in [4.69, 9.17) is 9.26 Å². The summed E-state index contributed by atoms with van der Waals surface area (Å²) in [6.45, 7) is 5.21. The normalized spacial score (nSPS) is 28.4. The van der Waals surface area contributed by atoms with Crippen LogP contribution in [0.15, 0.2) is 10.6 Å². The molecule has 2 saturated heterocycles. The molecule has 2 aliphatic rings. The van der Waals surface area contributed by atoms with Gasteiger partial charge in [-0.05, 0) is 20.4 Å². The quantitative estimate of drug-likeness (QED) is 0.775. The second kappa shape index (κ2) is 7.80. The van der Waals surface area contributed by atoms with Gasteiger partial charge in [0.05, 0.1) is 18.8 Å². The fraction of sp³-hybridized carbons (Fsp3) is 0.765. The molecule has 25 heavy (non-hydrogen) atoms. The number of aromatic nitrogens is 1. The Balaban J connectivity index is 1.58. The van der Waals surface area contributed by atoms with Gasteiger partial charge in [-0.3, -0.25) is 9.69 Å². The van der Waals surface area contributed by atoms with Crippen LogP contribution in [0.3, 0.4) is 0 Å². The zero-order valence-electron chi connectivity index (χ0n) is 15.2. The second-order valence-electron chi connectivity index (χ2n) is 7.19. The highest BCUT2D eigenvalue weighted by molar-refractivity contribution is 5.81. The van der Waals surface area contributed by atoms with E-state index in [2.05, 4.69) is 10.1 Å². The number of hydrogen-bond donors (Lipinski definition) is 0. The third-order valence-corrected chi connectivity index (χ3v) is 4.92. The van der Waals surface area contributed by atoms with Crippen molar-refractivity contribution in [3.8, 4) is 0 Å². The van der Waals surface area contributed by atoms with Gasteiger partial charge in [0.15, 0.2) is 5.76 Å². The lowest BCUT2D eigenvalue weighted by Gasteiger charge is -2.33. The first-order valence-corrected chi connectivity index (χ1v) is 8.78. The predicted molar refractivity (Wildman–Crippen MR) is 89.8 cm³/mol. The van der Waals surface area contributed by atoms with Crippen LogP contribution in [0.2, 0.25) is 0 Å². The minimum Gasteiger partial charge on any atom is -0.366 e. The van der Waals surface area contributed by atoms with Crippen LogP contribution in [0.5, 0.6) is 0 Å². The monoisotopic (exact) mass is 354 g/mol. The van der Waals surface area contributed by atoms with Crippen molar-refractivity contribution in [2.75, 3.05) is 46.9 Å². The standard InChI is InChI=1S/C17H27FN4O3/c1-12-6-15(25-19-12)10-22-8-13(18)7-14(22)9-21(3)17(23)16-11-20(2)4-5-24-16/h6,13-14,16H,4-5,7-11H2,1-3H3/t13-,14-,16?/m0/s1. The van der Waals surface area contributed by atoms with Gasteiger partial charge in [0, 0.05) is 45.3 Å². The Kier molecular flexibility index (Phi) is 5.71. The molecular formula is C17H27FN4O3. The molecule has 3 heterocycles. The molecule has 140 valence electrons. The number of rotatable bonds is 5. The summed E-state index contributed by atoms with van der Waals surface area (Å²) in [4.78, 5) is 18.4. The molecule has 0 bridgehead atoms. The van der Waals surface area contributed by atoms with Crippen molar-refractivity contribution in [3.05, 3.63) is 17.5 Å². The molecule has 0 saturated carbocycles. The molecule has 0 aliphatic carbocycles. The Bertz CT molecular complexity index is 596. The highest BCUT2D eigenvalue weighted by Crippen LogP contribution is 2.24. The van der Waals surface area contributed by atoms with Gasteiger partial charge >= 0.3 is 0 Å². The first kappa shape index (κ1) is 18.3. The van der Waals surface area contributed by atoms with Gasteiger partial charge in [0.1, 0.15) is 12.3 Å². The Morgan fingerprint density at radius 1 is 1.48 bits per heavy atom. The number of nitrogens with zero attached hydrogens (tertiary/aromatic N) is 4. The number of ether oxygens (including phenoxy) is 1. The minimum absolute atomic E-state index is 0.0318. The van der Waals surface area contributed by atoms with Crippen LogP contribution in [0.4, 0.5) is 4.39 Å². The molecule has 0 spiro atoms. The third-order valence-electron chi connectivity index (χ3n) is 4.92. The largest absolute Gasteiger partial charge is 0.366 e. The molecule has 0 radical (unpaired) electrons. The summed E-state index contributed by atoms with van der Waals surface area (Å²) in [7, 11) is 3.75. The smallest absolute Gasteiger partial charge is 0.252 e. The Hall–Kier alpha value is -1.51. The van der Waals surface area contributed by atoms with Crippen molar-refractivity contribution in [3.63, 3.8) is 0 Å². The Labute approximate surface area is 147 Å². The van der Waals surface area contributed by atoms with E-state index in [0.29, 0.717) is 39.2 Å². The van der Waals surface area contributed by atoms with Crippen LogP contribution < -0.4 is 0 Å². The highest BCUT2D eigenvalue weighted by atomic mass is 19.1. The van der Waals surface area contributed by atoms with E-state index in [9.17, 15) is 9.18 Å². The van der Waals surface area contributed by atoms with Crippen LogP contribution >= 0.6 is 0 Å². The molecule has 2 fully saturated rings. The summed E-state index contributed by atoms with van der Waals surface area (Å²) in [6, 6.07) is 1.83. The van der Waals surface area contributed by atoms with Crippen LogP contribution in [0.25, 0.3) is 0 Å². The molecule has 3 atom stereocenters. The molecule has 3 rings (SSSR count). The van der Waals surface area contributed by atoms with Crippen molar-refractivity contribution < 1.29 is 18.4 Å². The molecule has 0 aromatic carbocycles. The highest BCUT2D eigenvalue weighted by Gasteiger charge is 2.35. The second-order valence-corrected chi connectivity index (χ2v) is 7.19. The number of carbonyl (C=O) groups is 1. The summed E-state index contributed by atoms with van der Waals surface area (Å²) < 4.78 is 24.8. The first-order valence-electron chi connectivity index (χ1n) is 8.78. The summed E-state index contributed by atoms with van der Waals surface area (Å²) in [5.41, 5.74) is 0.813. The van der Waals surface area contributed by atoms with E-state index in [0.717, 1.165) is 18.0 Å². The summed E-state index contributed by atoms with van der Waals surface area (Å²) >= 11 is 0. The average Bonchev–Trinajstić information content (AvgIpc) is 3.12. The van der Waals surface area contributed by atoms with Crippen molar-refractivity contribution >= 4 is 5.91 Å². The summed E-state index contributed by atoms with van der Waals surface area (Å²) in [5.74, 6) is 0.687. The predicted octanol–water partition coefficient (Wildman–Crippen LogP) is 0.684. The number of likely N-dealkylation sites (tertiary alicyclic amines) is 1. The summed E-state index contributed by atoms with van der Waals surface area (Å²) in [6.07, 6.45) is -0.887. The van der Waals surface area contributed by atoms with E-state index >= 15 is 0 Å². The van der Waals surface area contributed by atoms with Crippen molar-refractivity contribution in [1.29, 1.82) is 0 Å². The topological polar surface area (TPSA) is 62.0 Å². The molecule has 1 aromatic rings. The molecule has 1 aromatic heterocycles. The number of morpholine rings is 1. The van der Waals surface area contributed by atoms with Gasteiger partial charge in [-0.15, -0.1) is 0 Å². The lowest BCUT2D eigenvalue weighted by atomic mass is 10.1. The molecule has 0 N–H and O–H groups in total. The number of aryl methyl sites for hydroxylation is 1. The van der Waals surface area contributed by atoms with E-state index in [1.54, 1.807) is 11.9 Å². The van der Waals surface area contributed by atoms with Gasteiger partial charge in [0.25, 0.3) is 5.91 Å². The maximum absolute atomic E-state index is 14.0. The molecule has 1 unspecified atom stereocenters. The SMILES string of the molecule is Cc1cc(CN2C[C@@H](F)C[C@H]2CN(C)C(=O)C2CN(C)CCO2)on1. The van der Waals surface area contributed by atoms with Gasteiger partial charge in [0.2, 0.25) is 0 Å². The van der Waals surface area contributed by atoms with Crippen molar-refractivity contribution in [1.82, 2.24) is 19.9 Å². The number of hydrogen-bond acceptors (Lipinski definition) is 6. The fourth-order valence-electron chi connectivity index (χ4n) is 3.58. The Morgan fingerprint density at radius 2 is 2.28 bits per heavy atom. The van der Waals surface area contributed by atoms with E-state index in [1.807, 2.05) is 24.9 Å². The minimum atomic E-state index is -0.880. The van der Waals surface area contributed by atoms with E-state index < -0.39 is 12.3 Å². The van der Waals surface area contributed by atoms with Crippen LogP contribution in [0, 0.1) is 6.92 Å². The van der Waals surface area contributed by atoms with Gasteiger partial charge < -0.3 is 19.1 Å². The maximum atomic E-state index is 14.0. The average molecular weight is 354 g/mol. The van der Waals surface area contributed by atoms with Gasteiger partial charge in [-0.2, -0.15) is 0 Å². The van der Waals surface area contributed by atoms with Crippen LogP contribution in [0.1, 0.15) is 17.9 Å². The molecule has 7 nitrogen and oxygen atoms in total. The zero-order chi connectivity index (χ0) is 18.0. The fourth-order valence-corrected chi connectivity index (χ4v) is 3.58. The number of carbonyl (C=O) groups excluding carboxylic acids is 1. The molecule has 2 aliphatic heterocycles. The van der Waals surface area contributed by atoms with E-state index in [-0.39, 0.29) is 11.9 Å². The lowest BCUT2D eigenvalue weighted by molar-refractivity contribution is -0.148. The van der Waals surface area contributed by atoms with Gasteiger partial charge in [-0.1, -0.05) is 5.16 Å². The summed E-state index contributed by atoms with van der Waals surface area (Å²) in [5, 5.41) is 3.88. The maximum Gasteiger partial charge on any atom is 0.252 e. The number of halogens is 1. The van der Waals surface area contributed by atoms with Crippen molar-refractivity contribution in [2.24, 2.45) is 0 Å². The molecule has 1 amide bonds. The van der Waals surface area contributed by atoms with Gasteiger partial charge in [-0.25, -0.2) is 4.39 Å². The number of likely N-dealkylation sites (N-methyl/N-ethyl adjacent to an activating group) is 2. The number of amides is 1.